The molecule has 0 radical (unpaired) electrons. The van der Waals surface area contributed by atoms with Crippen molar-refractivity contribution >= 4 is 0 Å². The van der Waals surface area contributed by atoms with Crippen LogP contribution in [0.15, 0.2) is 0 Å². The molecule has 0 N–H and O–H groups in total. The van der Waals surface area contributed by atoms with E-state index in [1.54, 1.807) is 0 Å². The van der Waals surface area contributed by atoms with E-state index >= 15 is 0 Å². The monoisotopic (exact) mass is 437 g/mol. The van der Waals surface area contributed by atoms with Gasteiger partial charge in [0.1, 0.15) is 0 Å². The van der Waals surface area contributed by atoms with Crippen LogP contribution in [0.4, 0.5) is 0 Å². The predicted molar refractivity (Wildman–Crippen MR) is 141 cm³/mol. The summed E-state index contributed by atoms with van der Waals surface area (Å²) in [6.07, 6.45) is 0.239. The topological polar surface area (TPSA) is 19.4 Å². The molecule has 0 saturated carbocycles. The van der Waals surface area contributed by atoms with Crippen LogP contribution in [-0.4, -0.2) is 35.0 Å². The van der Waals surface area contributed by atoms with Gasteiger partial charge in [0.25, 0.3) is 0 Å². The molecule has 1 aromatic heterocycles. The number of benzene rings is 1. The Labute approximate surface area is 198 Å². The molecule has 0 spiro atoms. The Balaban J connectivity index is 0.00000363. The first-order chi connectivity index (χ1) is 14.1. The van der Waals surface area contributed by atoms with Crippen molar-refractivity contribution < 1.29 is 0 Å². The summed E-state index contributed by atoms with van der Waals surface area (Å²) >= 11 is 0. The van der Waals surface area contributed by atoms with Gasteiger partial charge in [-0.15, -0.1) is 0 Å². The average Bonchev–Trinajstić information content (AvgIpc) is 2.70. The molecule has 1 atom stereocenters. The van der Waals surface area contributed by atoms with Gasteiger partial charge >= 0.3 is 0 Å². The van der Waals surface area contributed by atoms with E-state index in [9.17, 15) is 0 Å². The van der Waals surface area contributed by atoms with Gasteiger partial charge in [0, 0.05) is 11.1 Å². The largest absolute Gasteiger partial charge is 0.282 e. The molecule has 0 saturated heterocycles. The minimum absolute atomic E-state index is 0. The highest BCUT2D eigenvalue weighted by atomic mass is 15.4. The van der Waals surface area contributed by atoms with E-state index in [0.717, 1.165) is 5.69 Å². The molecule has 2 bridgehead atoms. The molecule has 3 nitrogen and oxygen atoms in total. The molecular weight excluding hydrogens is 390 g/mol. The highest BCUT2D eigenvalue weighted by Gasteiger charge is 2.42. The lowest BCUT2D eigenvalue weighted by Gasteiger charge is -2.50. The second-order valence-electron chi connectivity index (χ2n) is 10.9. The minimum Gasteiger partial charge on any atom is -0.282 e. The molecule has 1 aliphatic rings. The summed E-state index contributed by atoms with van der Waals surface area (Å²) in [6, 6.07) is 0. The van der Waals surface area contributed by atoms with E-state index in [4.69, 9.17) is 4.98 Å². The zero-order chi connectivity index (χ0) is 23.8. The minimum atomic E-state index is -0.193. The fourth-order valence-electron chi connectivity index (χ4n) is 5.67. The summed E-state index contributed by atoms with van der Waals surface area (Å²) in [7, 11) is 4.52. The van der Waals surface area contributed by atoms with Crippen molar-refractivity contribution in [1.29, 1.82) is 0 Å². The fraction of sp³-hybridized carbons (Fsp3) is 0.621. The van der Waals surface area contributed by atoms with E-state index in [-0.39, 0.29) is 24.7 Å². The summed E-state index contributed by atoms with van der Waals surface area (Å²) in [6.45, 7) is 27.6. The second kappa shape index (κ2) is 8.25. The van der Waals surface area contributed by atoms with Crippen molar-refractivity contribution in [2.75, 3.05) is 14.1 Å². The number of nitrogens with zero attached hydrogens (tertiary/aromatic N) is 3. The highest BCUT2D eigenvalue weighted by molar-refractivity contribution is 5.77. The van der Waals surface area contributed by atoms with Crippen LogP contribution in [0.25, 0.3) is 11.3 Å². The molecule has 3 heteroatoms. The van der Waals surface area contributed by atoms with E-state index in [0.29, 0.717) is 0 Å². The normalized spacial score (nSPS) is 20.5. The van der Waals surface area contributed by atoms with Gasteiger partial charge < -0.3 is 0 Å². The van der Waals surface area contributed by atoms with E-state index in [1.165, 1.54) is 55.8 Å². The van der Waals surface area contributed by atoms with Crippen LogP contribution in [0.1, 0.15) is 92.2 Å². The number of rotatable bonds is 0. The summed E-state index contributed by atoms with van der Waals surface area (Å²) < 4.78 is 0. The Morgan fingerprint density at radius 2 is 1.06 bits per heavy atom. The average molecular weight is 438 g/mol. The van der Waals surface area contributed by atoms with Crippen molar-refractivity contribution in [3.63, 3.8) is 0 Å². The molecule has 32 heavy (non-hydrogen) atoms. The van der Waals surface area contributed by atoms with Crippen molar-refractivity contribution in [2.45, 2.75) is 108 Å². The van der Waals surface area contributed by atoms with Crippen molar-refractivity contribution in [2.24, 2.45) is 0 Å². The lowest BCUT2D eigenvalue weighted by molar-refractivity contribution is -0.0325. The summed E-state index contributed by atoms with van der Waals surface area (Å²) in [5, 5.41) is 0. The maximum Gasteiger partial charge on any atom is 0.0744 e. The Morgan fingerprint density at radius 3 is 1.59 bits per heavy atom. The van der Waals surface area contributed by atoms with Crippen molar-refractivity contribution in [3.05, 3.63) is 50.2 Å². The molecule has 1 aromatic carbocycles. The second-order valence-corrected chi connectivity index (χ2v) is 10.9. The first-order valence-electron chi connectivity index (χ1n) is 11.6. The summed E-state index contributed by atoms with van der Waals surface area (Å²) in [5.41, 5.74) is 14.3. The molecule has 178 valence electrons. The van der Waals surface area contributed by atoms with E-state index in [2.05, 4.69) is 107 Å². The van der Waals surface area contributed by atoms with Crippen LogP contribution in [0.3, 0.4) is 0 Å². The van der Waals surface area contributed by atoms with Gasteiger partial charge in [0.05, 0.1) is 23.1 Å². The SMILES string of the molecule is C.Cc1c2nc(c(C)c1C)C(C)(C)N(C)C(C)N(C)C(C)(C)c1c(C)c(C)c(C)c(C)c1-2. The van der Waals surface area contributed by atoms with Crippen LogP contribution >= 0.6 is 0 Å². The lowest BCUT2D eigenvalue weighted by atomic mass is 9.76. The highest BCUT2D eigenvalue weighted by Crippen LogP contribution is 2.46. The molecule has 2 heterocycles. The van der Waals surface area contributed by atoms with Crippen LogP contribution in [0.5, 0.6) is 0 Å². The summed E-state index contributed by atoms with van der Waals surface area (Å²) in [4.78, 5) is 10.5. The zero-order valence-electron chi connectivity index (χ0n) is 22.4. The molecule has 1 unspecified atom stereocenters. The van der Waals surface area contributed by atoms with Crippen molar-refractivity contribution in [3.8, 4) is 11.3 Å². The Hall–Kier alpha value is -1.71. The third-order valence-electron chi connectivity index (χ3n) is 9.06. The first kappa shape index (κ1) is 26.5. The fourth-order valence-corrected chi connectivity index (χ4v) is 5.67. The number of fused-ring (bicyclic) bond motifs is 4. The number of pyridine rings is 1. The molecule has 1 aliphatic heterocycles. The quantitative estimate of drug-likeness (QED) is 0.433. The van der Waals surface area contributed by atoms with Gasteiger partial charge in [-0.05, 0) is 142 Å². The van der Waals surface area contributed by atoms with Crippen molar-refractivity contribution in [1.82, 2.24) is 14.8 Å². The standard InChI is InChI=1S/C28H43N3.CH4/c1-15-16(2)19(5)24-23(18(15)4)25-20(6)17(3)21(7)26(29-25)28(11,12)31(14)22(8)30(13)27(24,9)10;/h22H,1-14H3;1H4. The van der Waals surface area contributed by atoms with Gasteiger partial charge in [-0.2, -0.15) is 0 Å². The van der Waals surface area contributed by atoms with E-state index < -0.39 is 0 Å². The molecule has 2 aromatic rings. The molecule has 3 rings (SSSR count). The van der Waals surface area contributed by atoms with Crippen LogP contribution in [0, 0.1) is 48.5 Å². The number of hydrogen-bond acceptors (Lipinski definition) is 3. The Morgan fingerprint density at radius 1 is 0.625 bits per heavy atom. The maximum absolute atomic E-state index is 5.48. The molecular formula is C29H47N3. The van der Waals surface area contributed by atoms with Crippen LogP contribution < -0.4 is 0 Å². The van der Waals surface area contributed by atoms with Gasteiger partial charge in [-0.3, -0.25) is 14.8 Å². The van der Waals surface area contributed by atoms with Gasteiger partial charge in [0.2, 0.25) is 0 Å². The Kier molecular flexibility index (Phi) is 6.85. The number of hydrogen-bond donors (Lipinski definition) is 0. The smallest absolute Gasteiger partial charge is 0.0744 e. The molecule has 0 aliphatic carbocycles. The van der Waals surface area contributed by atoms with Crippen LogP contribution in [-0.2, 0) is 11.1 Å². The zero-order valence-corrected chi connectivity index (χ0v) is 22.4. The summed E-state index contributed by atoms with van der Waals surface area (Å²) in [5.74, 6) is 0. The van der Waals surface area contributed by atoms with Gasteiger partial charge in [0.15, 0.2) is 0 Å². The lowest BCUT2D eigenvalue weighted by Crippen LogP contribution is -2.56. The molecule has 0 fully saturated rings. The van der Waals surface area contributed by atoms with Gasteiger partial charge in [-0.1, -0.05) is 7.43 Å². The number of aromatic nitrogens is 1. The third-order valence-corrected chi connectivity index (χ3v) is 9.06. The Bertz CT molecular complexity index is 1060. The maximum atomic E-state index is 5.48. The van der Waals surface area contributed by atoms with Crippen LogP contribution in [0.2, 0.25) is 0 Å². The molecule has 0 amide bonds. The van der Waals surface area contributed by atoms with E-state index in [1.807, 2.05) is 0 Å². The third kappa shape index (κ3) is 3.44. The predicted octanol–water partition coefficient (Wildman–Crippen LogP) is 7.24. The first-order valence-corrected chi connectivity index (χ1v) is 11.6. The van der Waals surface area contributed by atoms with Gasteiger partial charge in [-0.25, -0.2) is 0 Å².